The maximum atomic E-state index is 12.8. The van der Waals surface area contributed by atoms with Crippen molar-refractivity contribution < 1.29 is 18.6 Å². The minimum atomic E-state index is 0.0135. The summed E-state index contributed by atoms with van der Waals surface area (Å²) in [4.78, 5) is 2.24. The minimum absolute atomic E-state index is 0.0135. The lowest BCUT2D eigenvalue weighted by Gasteiger charge is -2.35. The molecular formula is C17H18N2O4. The molecule has 2 aromatic rings. The number of benzene rings is 1. The Balaban J connectivity index is 1.93. The maximum Gasteiger partial charge on any atom is 0.263 e. The lowest BCUT2D eigenvalue weighted by Crippen LogP contribution is -2.48. The van der Waals surface area contributed by atoms with E-state index in [1.807, 2.05) is 24.3 Å². The zero-order valence-electron chi connectivity index (χ0n) is 12.9. The molecule has 6 heteroatoms. The van der Waals surface area contributed by atoms with E-state index in [0.717, 1.165) is 28.3 Å². The molecule has 0 bridgehead atoms. The van der Waals surface area contributed by atoms with E-state index in [-0.39, 0.29) is 6.04 Å². The number of furan rings is 1. The molecule has 2 aliphatic rings. The highest BCUT2D eigenvalue weighted by molar-refractivity contribution is 6.12. The molecule has 1 atom stereocenters. The molecule has 0 radical (unpaired) electrons. The van der Waals surface area contributed by atoms with Gasteiger partial charge in [0.2, 0.25) is 0 Å². The Morgan fingerprint density at radius 2 is 2.26 bits per heavy atom. The summed E-state index contributed by atoms with van der Waals surface area (Å²) in [5.74, 6) is 1.35. The molecule has 1 aromatic carbocycles. The van der Waals surface area contributed by atoms with E-state index in [2.05, 4.69) is 4.90 Å². The third kappa shape index (κ3) is 2.35. The zero-order valence-corrected chi connectivity index (χ0v) is 12.9. The first-order valence-electron chi connectivity index (χ1n) is 7.66. The van der Waals surface area contributed by atoms with Crippen molar-refractivity contribution in [2.75, 3.05) is 38.3 Å². The van der Waals surface area contributed by atoms with Gasteiger partial charge in [-0.3, -0.25) is 0 Å². The summed E-state index contributed by atoms with van der Waals surface area (Å²) in [6, 6.07) is 9.40. The monoisotopic (exact) mass is 314 g/mol. The second kappa shape index (κ2) is 5.62. The molecule has 6 nitrogen and oxygen atoms in total. The van der Waals surface area contributed by atoms with Gasteiger partial charge in [-0.15, -0.1) is 0 Å². The van der Waals surface area contributed by atoms with E-state index in [9.17, 15) is 5.21 Å². The number of hydroxylamine groups is 1. The first kappa shape index (κ1) is 14.1. The summed E-state index contributed by atoms with van der Waals surface area (Å²) in [6.07, 6.45) is 1.58. The molecule has 3 heterocycles. The van der Waals surface area contributed by atoms with Crippen LogP contribution in [0, 0.1) is 5.21 Å². The van der Waals surface area contributed by atoms with E-state index >= 15 is 0 Å². The van der Waals surface area contributed by atoms with Crippen LogP contribution in [0.2, 0.25) is 0 Å². The predicted molar refractivity (Wildman–Crippen MR) is 85.4 cm³/mol. The van der Waals surface area contributed by atoms with Crippen molar-refractivity contribution in [3.8, 4) is 5.75 Å². The van der Waals surface area contributed by atoms with Gasteiger partial charge in [0.15, 0.2) is 12.3 Å². The van der Waals surface area contributed by atoms with Crippen LogP contribution >= 0.6 is 0 Å². The Hall–Kier alpha value is -2.47. The second-order valence-corrected chi connectivity index (χ2v) is 5.69. The second-order valence-electron chi connectivity index (χ2n) is 5.69. The van der Waals surface area contributed by atoms with Crippen molar-refractivity contribution in [3.05, 3.63) is 53.1 Å². The Morgan fingerprint density at radius 3 is 3.04 bits per heavy atom. The van der Waals surface area contributed by atoms with Crippen LogP contribution in [0.15, 0.2) is 41.0 Å². The highest BCUT2D eigenvalue weighted by atomic mass is 16.5. The number of nitrogens with zero attached hydrogens (tertiary/aromatic N) is 2. The van der Waals surface area contributed by atoms with Gasteiger partial charge in [-0.05, 0) is 24.3 Å². The van der Waals surface area contributed by atoms with Gasteiger partial charge in [0.1, 0.15) is 11.8 Å². The smallest absolute Gasteiger partial charge is 0.263 e. The van der Waals surface area contributed by atoms with E-state index in [1.165, 1.54) is 0 Å². The van der Waals surface area contributed by atoms with Crippen LogP contribution in [0.3, 0.4) is 0 Å². The number of ether oxygens (including phenoxy) is 2. The van der Waals surface area contributed by atoms with Crippen LogP contribution in [-0.2, 0) is 4.74 Å². The Kier molecular flexibility index (Phi) is 3.46. The van der Waals surface area contributed by atoms with E-state index in [4.69, 9.17) is 13.9 Å². The molecule has 0 saturated carbocycles. The molecule has 2 aliphatic heterocycles. The van der Waals surface area contributed by atoms with Crippen LogP contribution in [-0.4, -0.2) is 49.9 Å². The molecule has 120 valence electrons. The molecule has 1 unspecified atom stereocenters. The normalized spacial score (nSPS) is 20.7. The van der Waals surface area contributed by atoms with Gasteiger partial charge in [-0.25, -0.2) is 0 Å². The first-order chi connectivity index (χ1) is 11.3. The SMILES string of the molecule is COc1ccc2c(c1)N1CCOCC1C[N+]([O-])=C2c1ccco1. The van der Waals surface area contributed by atoms with Gasteiger partial charge < -0.3 is 24.0 Å². The fraction of sp³-hybridized carbons (Fsp3) is 0.353. The average molecular weight is 314 g/mol. The molecule has 0 aliphatic carbocycles. The number of methoxy groups -OCH3 is 1. The van der Waals surface area contributed by atoms with Gasteiger partial charge in [0, 0.05) is 12.6 Å². The highest BCUT2D eigenvalue weighted by Crippen LogP contribution is 2.33. The van der Waals surface area contributed by atoms with Crippen LogP contribution in [0.25, 0.3) is 0 Å². The summed E-state index contributed by atoms with van der Waals surface area (Å²) < 4.78 is 17.5. The number of fused-ring (bicyclic) bond motifs is 3. The largest absolute Gasteiger partial charge is 0.623 e. The van der Waals surface area contributed by atoms with Crippen LogP contribution in [0.4, 0.5) is 5.69 Å². The summed E-state index contributed by atoms with van der Waals surface area (Å²) in [5.41, 5.74) is 2.41. The van der Waals surface area contributed by atoms with Gasteiger partial charge in [-0.1, -0.05) is 0 Å². The summed E-state index contributed by atoms with van der Waals surface area (Å²) in [5, 5.41) is 12.8. The van der Waals surface area contributed by atoms with Crippen LogP contribution in [0.5, 0.6) is 5.75 Å². The average Bonchev–Trinajstić information content (AvgIpc) is 3.06. The zero-order chi connectivity index (χ0) is 15.8. The molecule has 1 fully saturated rings. The number of anilines is 1. The van der Waals surface area contributed by atoms with Crippen molar-refractivity contribution in [1.29, 1.82) is 0 Å². The fourth-order valence-electron chi connectivity index (χ4n) is 3.29. The van der Waals surface area contributed by atoms with E-state index < -0.39 is 0 Å². The molecule has 0 spiro atoms. The van der Waals surface area contributed by atoms with Crippen molar-refractivity contribution >= 4 is 11.4 Å². The molecule has 1 saturated heterocycles. The maximum absolute atomic E-state index is 12.8. The van der Waals surface area contributed by atoms with Crippen LogP contribution < -0.4 is 9.64 Å². The molecular weight excluding hydrogens is 296 g/mol. The van der Waals surface area contributed by atoms with Crippen LogP contribution in [0.1, 0.15) is 11.3 Å². The lowest BCUT2D eigenvalue weighted by molar-refractivity contribution is -0.460. The first-order valence-corrected chi connectivity index (χ1v) is 7.66. The number of hydrogen-bond donors (Lipinski definition) is 0. The van der Waals surface area contributed by atoms with E-state index in [1.54, 1.807) is 19.4 Å². The highest BCUT2D eigenvalue weighted by Gasteiger charge is 2.35. The van der Waals surface area contributed by atoms with E-state index in [0.29, 0.717) is 31.2 Å². The van der Waals surface area contributed by atoms with Crippen molar-refractivity contribution in [2.24, 2.45) is 0 Å². The number of hydrogen-bond acceptors (Lipinski definition) is 5. The molecule has 4 rings (SSSR count). The third-order valence-corrected chi connectivity index (χ3v) is 4.38. The standard InChI is InChI=1S/C17H18N2O4/c1-21-13-4-5-14-15(9-13)18-6-8-22-11-12(18)10-19(20)17(14)16-3-2-7-23-16/h2-5,7,9,12H,6,8,10-11H2,1H3. The number of rotatable bonds is 2. The van der Waals surface area contributed by atoms with Gasteiger partial charge in [-0.2, -0.15) is 4.74 Å². The summed E-state index contributed by atoms with van der Waals surface area (Å²) >= 11 is 0. The summed E-state index contributed by atoms with van der Waals surface area (Å²) in [7, 11) is 1.65. The van der Waals surface area contributed by atoms with Gasteiger partial charge in [0.25, 0.3) is 5.71 Å². The topological polar surface area (TPSA) is 60.9 Å². The molecule has 0 N–H and O–H groups in total. The summed E-state index contributed by atoms with van der Waals surface area (Å²) in [6.45, 7) is 2.29. The minimum Gasteiger partial charge on any atom is -0.623 e. The Labute approximate surface area is 134 Å². The molecule has 0 amide bonds. The Morgan fingerprint density at radius 1 is 1.35 bits per heavy atom. The third-order valence-electron chi connectivity index (χ3n) is 4.38. The lowest BCUT2D eigenvalue weighted by atomic mass is 10.0. The van der Waals surface area contributed by atoms with Gasteiger partial charge in [0.05, 0.1) is 37.8 Å². The quantitative estimate of drug-likeness (QED) is 0.625. The van der Waals surface area contributed by atoms with Crippen molar-refractivity contribution in [3.63, 3.8) is 0 Å². The predicted octanol–water partition coefficient (Wildman–Crippen LogP) is 1.85. The van der Waals surface area contributed by atoms with Crippen molar-refractivity contribution in [1.82, 2.24) is 0 Å². The number of morpholine rings is 1. The molecule has 23 heavy (non-hydrogen) atoms. The van der Waals surface area contributed by atoms with Gasteiger partial charge >= 0.3 is 0 Å². The molecule has 1 aromatic heterocycles. The Bertz CT molecular complexity index is 739. The van der Waals surface area contributed by atoms with Crippen molar-refractivity contribution in [2.45, 2.75) is 6.04 Å². The fourth-order valence-corrected chi connectivity index (χ4v) is 3.29.